The third-order valence-corrected chi connectivity index (χ3v) is 3.72. The van der Waals surface area contributed by atoms with E-state index in [2.05, 4.69) is 36.7 Å². The van der Waals surface area contributed by atoms with E-state index in [1.54, 1.807) is 19.2 Å². The summed E-state index contributed by atoms with van der Waals surface area (Å²) in [4.78, 5) is 13.3. The van der Waals surface area contributed by atoms with Gasteiger partial charge in [-0.25, -0.2) is 0 Å². The van der Waals surface area contributed by atoms with E-state index in [9.17, 15) is 4.79 Å². The van der Waals surface area contributed by atoms with Gasteiger partial charge in [-0.1, -0.05) is 28.1 Å². The average molecular weight is 388 g/mol. The minimum absolute atomic E-state index is 0.0208. The molecule has 0 bridgehead atoms. The zero-order valence-electron chi connectivity index (χ0n) is 12.8. The summed E-state index contributed by atoms with van der Waals surface area (Å²) < 4.78 is 6.12. The second-order valence-electron chi connectivity index (χ2n) is 4.93. The van der Waals surface area contributed by atoms with Crippen LogP contribution in [0.5, 0.6) is 5.75 Å². The number of tetrazole rings is 1. The molecule has 0 spiro atoms. The van der Waals surface area contributed by atoms with Crippen LogP contribution in [0.15, 0.2) is 53.0 Å². The number of methoxy groups -OCH3 is 1. The van der Waals surface area contributed by atoms with Gasteiger partial charge in [0.25, 0.3) is 0 Å². The molecule has 3 aromatic rings. The van der Waals surface area contributed by atoms with Gasteiger partial charge >= 0.3 is 0 Å². The monoisotopic (exact) mass is 387 g/mol. The molecule has 0 fully saturated rings. The van der Waals surface area contributed by atoms with Crippen LogP contribution in [0.4, 0.5) is 5.69 Å². The zero-order valence-corrected chi connectivity index (χ0v) is 14.4. The van der Waals surface area contributed by atoms with Crippen molar-refractivity contribution in [1.29, 1.82) is 0 Å². The molecule has 0 aliphatic carbocycles. The Morgan fingerprint density at radius 3 is 2.79 bits per heavy atom. The highest BCUT2D eigenvalue weighted by molar-refractivity contribution is 9.10. The Kier molecular flexibility index (Phi) is 4.85. The van der Waals surface area contributed by atoms with Crippen LogP contribution in [0, 0.1) is 0 Å². The lowest BCUT2D eigenvalue weighted by Crippen LogP contribution is -2.20. The molecule has 0 saturated carbocycles. The highest BCUT2D eigenvalue weighted by Gasteiger charge is 2.10. The Morgan fingerprint density at radius 1 is 1.25 bits per heavy atom. The SMILES string of the molecule is COc1cccc(-c2nnn(CC(=O)Nc3ccc(Br)cc3)n2)c1. The Labute approximate surface area is 146 Å². The molecule has 0 atom stereocenters. The van der Waals surface area contributed by atoms with Gasteiger partial charge in [0, 0.05) is 15.7 Å². The van der Waals surface area contributed by atoms with Crippen molar-refractivity contribution < 1.29 is 9.53 Å². The largest absolute Gasteiger partial charge is 0.497 e. The van der Waals surface area contributed by atoms with Gasteiger partial charge in [0.1, 0.15) is 12.3 Å². The maximum Gasteiger partial charge on any atom is 0.248 e. The smallest absolute Gasteiger partial charge is 0.248 e. The summed E-state index contributed by atoms with van der Waals surface area (Å²) in [5.41, 5.74) is 1.48. The maximum absolute atomic E-state index is 12.0. The van der Waals surface area contributed by atoms with Gasteiger partial charge in [-0.3, -0.25) is 4.79 Å². The molecule has 0 aliphatic rings. The van der Waals surface area contributed by atoms with E-state index < -0.39 is 0 Å². The number of carbonyl (C=O) groups is 1. The minimum atomic E-state index is -0.230. The summed E-state index contributed by atoms with van der Waals surface area (Å²) in [6.45, 7) is -0.0208. The van der Waals surface area contributed by atoms with E-state index in [4.69, 9.17) is 4.74 Å². The third-order valence-electron chi connectivity index (χ3n) is 3.19. The van der Waals surface area contributed by atoms with Crippen LogP contribution in [0.1, 0.15) is 0 Å². The number of benzene rings is 2. The fraction of sp³-hybridized carbons (Fsp3) is 0.125. The van der Waals surface area contributed by atoms with Gasteiger partial charge in [-0.15, -0.1) is 10.2 Å². The van der Waals surface area contributed by atoms with E-state index in [0.29, 0.717) is 17.3 Å². The van der Waals surface area contributed by atoms with Gasteiger partial charge in [0.15, 0.2) is 0 Å². The topological polar surface area (TPSA) is 81.9 Å². The van der Waals surface area contributed by atoms with Gasteiger partial charge < -0.3 is 10.1 Å². The fourth-order valence-corrected chi connectivity index (χ4v) is 2.31. The van der Waals surface area contributed by atoms with Gasteiger partial charge in [0.2, 0.25) is 11.7 Å². The Hall–Kier alpha value is -2.74. The lowest BCUT2D eigenvalue weighted by molar-refractivity contribution is -0.117. The second-order valence-corrected chi connectivity index (χ2v) is 5.85. The van der Waals surface area contributed by atoms with Crippen LogP contribution in [-0.4, -0.2) is 33.2 Å². The normalized spacial score (nSPS) is 10.4. The fourth-order valence-electron chi connectivity index (χ4n) is 2.05. The average Bonchev–Trinajstić information content (AvgIpc) is 3.05. The van der Waals surface area contributed by atoms with E-state index >= 15 is 0 Å². The number of carbonyl (C=O) groups excluding carboxylic acids is 1. The van der Waals surface area contributed by atoms with Crippen LogP contribution in [0.25, 0.3) is 11.4 Å². The van der Waals surface area contributed by atoms with Crippen molar-refractivity contribution >= 4 is 27.5 Å². The number of aromatic nitrogens is 4. The highest BCUT2D eigenvalue weighted by atomic mass is 79.9. The van der Waals surface area contributed by atoms with Crippen molar-refractivity contribution in [3.8, 4) is 17.1 Å². The van der Waals surface area contributed by atoms with E-state index in [1.807, 2.05) is 36.4 Å². The predicted molar refractivity (Wildman–Crippen MR) is 92.6 cm³/mol. The highest BCUT2D eigenvalue weighted by Crippen LogP contribution is 2.19. The summed E-state index contributed by atoms with van der Waals surface area (Å²) in [6, 6.07) is 14.6. The number of hydrogen-bond donors (Lipinski definition) is 1. The number of ether oxygens (including phenoxy) is 1. The quantitative estimate of drug-likeness (QED) is 0.727. The molecule has 7 nitrogen and oxygen atoms in total. The summed E-state index contributed by atoms with van der Waals surface area (Å²) in [6.07, 6.45) is 0. The number of nitrogens with one attached hydrogen (secondary N) is 1. The first-order chi connectivity index (χ1) is 11.6. The van der Waals surface area contributed by atoms with Gasteiger partial charge in [0.05, 0.1) is 7.11 Å². The lowest BCUT2D eigenvalue weighted by Gasteiger charge is -2.04. The molecule has 3 rings (SSSR count). The van der Waals surface area contributed by atoms with Crippen molar-refractivity contribution in [3.63, 3.8) is 0 Å². The Morgan fingerprint density at radius 2 is 2.04 bits per heavy atom. The summed E-state index contributed by atoms with van der Waals surface area (Å²) >= 11 is 3.35. The number of amides is 1. The minimum Gasteiger partial charge on any atom is -0.497 e. The van der Waals surface area contributed by atoms with E-state index in [-0.39, 0.29) is 12.5 Å². The number of rotatable bonds is 5. The molecule has 2 aromatic carbocycles. The lowest BCUT2D eigenvalue weighted by atomic mass is 10.2. The summed E-state index contributed by atoms with van der Waals surface area (Å²) in [5.74, 6) is 0.911. The van der Waals surface area contributed by atoms with Crippen LogP contribution < -0.4 is 10.1 Å². The molecule has 8 heteroatoms. The van der Waals surface area contributed by atoms with Crippen molar-refractivity contribution in [1.82, 2.24) is 20.2 Å². The van der Waals surface area contributed by atoms with Crippen LogP contribution in [0.3, 0.4) is 0 Å². The van der Waals surface area contributed by atoms with Crippen LogP contribution in [-0.2, 0) is 11.3 Å². The van der Waals surface area contributed by atoms with Crippen molar-refractivity contribution in [2.45, 2.75) is 6.54 Å². The van der Waals surface area contributed by atoms with Crippen LogP contribution >= 0.6 is 15.9 Å². The van der Waals surface area contributed by atoms with E-state index in [1.165, 1.54) is 4.80 Å². The van der Waals surface area contributed by atoms with Gasteiger partial charge in [-0.2, -0.15) is 4.80 Å². The Balaban J connectivity index is 1.67. The molecule has 0 radical (unpaired) electrons. The first-order valence-electron chi connectivity index (χ1n) is 7.12. The Bertz CT molecular complexity index is 848. The summed E-state index contributed by atoms with van der Waals surface area (Å²) in [7, 11) is 1.59. The molecule has 0 unspecified atom stereocenters. The first kappa shape index (κ1) is 16.1. The molecular formula is C16H14BrN5O2. The molecule has 1 heterocycles. The molecule has 24 heavy (non-hydrogen) atoms. The molecule has 0 aliphatic heterocycles. The van der Waals surface area contributed by atoms with Crippen molar-refractivity contribution in [2.75, 3.05) is 12.4 Å². The maximum atomic E-state index is 12.0. The standard InChI is InChI=1S/C16H14BrN5O2/c1-24-14-4-2-3-11(9-14)16-19-21-22(20-16)10-15(23)18-13-7-5-12(17)6-8-13/h2-9H,10H2,1H3,(H,18,23). The second kappa shape index (κ2) is 7.22. The van der Waals surface area contributed by atoms with Crippen molar-refractivity contribution in [3.05, 3.63) is 53.0 Å². The molecular weight excluding hydrogens is 374 g/mol. The van der Waals surface area contributed by atoms with Gasteiger partial charge in [-0.05, 0) is 41.6 Å². The molecule has 122 valence electrons. The van der Waals surface area contributed by atoms with Crippen LogP contribution in [0.2, 0.25) is 0 Å². The molecule has 1 aromatic heterocycles. The third kappa shape index (κ3) is 3.96. The number of anilines is 1. The number of halogens is 1. The molecule has 0 saturated heterocycles. The predicted octanol–water partition coefficient (Wildman–Crippen LogP) is 2.75. The number of hydrogen-bond acceptors (Lipinski definition) is 5. The summed E-state index contributed by atoms with van der Waals surface area (Å²) in [5, 5.41) is 14.9. The molecule has 1 N–H and O–H groups in total. The van der Waals surface area contributed by atoms with Crippen molar-refractivity contribution in [2.24, 2.45) is 0 Å². The first-order valence-corrected chi connectivity index (χ1v) is 7.91. The van der Waals surface area contributed by atoms with E-state index in [0.717, 1.165) is 10.0 Å². The molecule has 1 amide bonds. The number of nitrogens with zero attached hydrogens (tertiary/aromatic N) is 4. The zero-order chi connectivity index (χ0) is 16.9.